The Kier molecular flexibility index (Phi) is 5.61. The van der Waals surface area contributed by atoms with Crippen molar-refractivity contribution in [3.8, 4) is 0 Å². The number of non-ortho nitro benzene ring substituents is 1. The second kappa shape index (κ2) is 7.80. The van der Waals surface area contributed by atoms with E-state index in [1.165, 1.54) is 29.4 Å². The van der Waals surface area contributed by atoms with Gasteiger partial charge in [0.2, 0.25) is 0 Å². The van der Waals surface area contributed by atoms with Crippen LogP contribution in [-0.4, -0.2) is 23.9 Å². The van der Waals surface area contributed by atoms with Crippen molar-refractivity contribution in [3.05, 3.63) is 62.7 Å². The number of nitrogens with one attached hydrogen (secondary N) is 1. The Labute approximate surface area is 169 Å². The predicted octanol–water partition coefficient (Wildman–Crippen LogP) is 5.30. The lowest BCUT2D eigenvalue weighted by Gasteiger charge is -2.36. The minimum atomic E-state index is -0.546. The first kappa shape index (κ1) is 20.1. The summed E-state index contributed by atoms with van der Waals surface area (Å²) in [7, 11) is 0. The number of nitro groups is 1. The van der Waals surface area contributed by atoms with Gasteiger partial charge in [-0.3, -0.25) is 14.9 Å². The summed E-state index contributed by atoms with van der Waals surface area (Å²) in [4.78, 5) is 25.4. The molecule has 0 aromatic heterocycles. The summed E-state index contributed by atoms with van der Waals surface area (Å²) in [5.41, 5.74) is 3.16. The molecular formula is C21H24ClN3O3. The van der Waals surface area contributed by atoms with Crippen LogP contribution < -0.4 is 10.2 Å². The average Bonchev–Trinajstić information content (AvgIpc) is 2.60. The monoisotopic (exact) mass is 401 g/mol. The number of nitro benzene ring substituents is 1. The normalized spacial score (nSPS) is 13.8. The van der Waals surface area contributed by atoms with Gasteiger partial charge in [-0.1, -0.05) is 32.4 Å². The summed E-state index contributed by atoms with van der Waals surface area (Å²) >= 11 is 6.07. The smallest absolute Gasteiger partial charge is 0.270 e. The quantitative estimate of drug-likeness (QED) is 0.557. The predicted molar refractivity (Wildman–Crippen MR) is 112 cm³/mol. The fourth-order valence-corrected chi connectivity index (χ4v) is 3.69. The highest BCUT2D eigenvalue weighted by molar-refractivity contribution is 6.34. The molecule has 0 spiro atoms. The molecule has 0 saturated carbocycles. The van der Waals surface area contributed by atoms with E-state index in [2.05, 4.69) is 31.0 Å². The van der Waals surface area contributed by atoms with E-state index >= 15 is 0 Å². The van der Waals surface area contributed by atoms with Gasteiger partial charge >= 0.3 is 0 Å². The van der Waals surface area contributed by atoms with E-state index in [1.807, 2.05) is 18.2 Å². The fraction of sp³-hybridized carbons (Fsp3) is 0.381. The molecule has 1 heterocycles. The van der Waals surface area contributed by atoms with Gasteiger partial charge in [0, 0.05) is 36.6 Å². The van der Waals surface area contributed by atoms with E-state index in [4.69, 9.17) is 11.6 Å². The molecule has 0 atom stereocenters. The van der Waals surface area contributed by atoms with E-state index in [1.54, 1.807) is 0 Å². The number of rotatable bonds is 4. The molecule has 148 valence electrons. The van der Waals surface area contributed by atoms with Gasteiger partial charge in [-0.2, -0.15) is 0 Å². The van der Waals surface area contributed by atoms with Crippen LogP contribution in [0.1, 0.15) is 43.1 Å². The minimum absolute atomic E-state index is 0.0861. The number of carbonyl (C=O) groups is 1. The molecule has 1 aliphatic heterocycles. The molecule has 3 rings (SSSR count). The molecule has 1 N–H and O–H groups in total. The lowest BCUT2D eigenvalue weighted by Crippen LogP contribution is -2.36. The Bertz CT molecular complexity index is 922. The number of aryl methyl sites for hydroxylation is 1. The van der Waals surface area contributed by atoms with Crippen LogP contribution in [0.25, 0.3) is 0 Å². The Hall–Kier alpha value is -2.60. The number of amides is 1. The molecule has 28 heavy (non-hydrogen) atoms. The van der Waals surface area contributed by atoms with Crippen LogP contribution in [0.4, 0.5) is 17.1 Å². The number of benzene rings is 2. The standard InChI is InChI=1S/C21H24ClN3O3/c1-21(2,3)13-24-10-4-5-14-11-15(6-9-19(14)24)23-20(26)17-12-16(25(27)28)7-8-18(17)22/h6-9,11-12H,4-5,10,13H2,1-3H3,(H,23,26). The van der Waals surface area contributed by atoms with Crippen molar-refractivity contribution in [3.63, 3.8) is 0 Å². The summed E-state index contributed by atoms with van der Waals surface area (Å²) in [5.74, 6) is -0.462. The van der Waals surface area contributed by atoms with E-state index < -0.39 is 10.8 Å². The third kappa shape index (κ3) is 4.62. The first-order valence-electron chi connectivity index (χ1n) is 9.27. The Balaban J connectivity index is 1.82. The summed E-state index contributed by atoms with van der Waals surface area (Å²) in [6.07, 6.45) is 2.02. The molecule has 7 heteroatoms. The molecule has 0 bridgehead atoms. The van der Waals surface area contributed by atoms with Crippen molar-refractivity contribution in [1.29, 1.82) is 0 Å². The Morgan fingerprint density at radius 1 is 1.25 bits per heavy atom. The Morgan fingerprint density at radius 2 is 2.00 bits per heavy atom. The second-order valence-electron chi connectivity index (χ2n) is 8.30. The van der Waals surface area contributed by atoms with Crippen molar-refractivity contribution >= 4 is 34.6 Å². The molecule has 1 aliphatic rings. The number of hydrogen-bond donors (Lipinski definition) is 1. The zero-order chi connectivity index (χ0) is 20.5. The average molecular weight is 402 g/mol. The van der Waals surface area contributed by atoms with Crippen LogP contribution in [0.3, 0.4) is 0 Å². The summed E-state index contributed by atoms with van der Waals surface area (Å²) in [6.45, 7) is 8.66. The third-order valence-electron chi connectivity index (χ3n) is 4.62. The first-order valence-corrected chi connectivity index (χ1v) is 9.65. The number of fused-ring (bicyclic) bond motifs is 1. The van der Waals surface area contributed by atoms with Crippen molar-refractivity contribution in [2.45, 2.75) is 33.6 Å². The van der Waals surface area contributed by atoms with Gasteiger partial charge in [0.05, 0.1) is 15.5 Å². The summed E-state index contributed by atoms with van der Waals surface area (Å²) < 4.78 is 0. The maximum Gasteiger partial charge on any atom is 0.270 e. The highest BCUT2D eigenvalue weighted by Crippen LogP contribution is 2.32. The number of halogens is 1. The van der Waals surface area contributed by atoms with Gasteiger partial charge in [-0.15, -0.1) is 0 Å². The van der Waals surface area contributed by atoms with Crippen LogP contribution in [-0.2, 0) is 6.42 Å². The van der Waals surface area contributed by atoms with Crippen LogP contribution >= 0.6 is 11.6 Å². The SMILES string of the molecule is CC(C)(C)CN1CCCc2cc(NC(=O)c3cc([N+](=O)[O-])ccc3Cl)ccc21. The molecule has 0 unspecified atom stereocenters. The molecular weight excluding hydrogens is 378 g/mol. The minimum Gasteiger partial charge on any atom is -0.371 e. The topological polar surface area (TPSA) is 75.5 Å². The molecule has 2 aromatic rings. The molecule has 0 saturated heterocycles. The molecule has 2 aromatic carbocycles. The summed E-state index contributed by atoms with van der Waals surface area (Å²) in [6, 6.07) is 9.72. The lowest BCUT2D eigenvalue weighted by molar-refractivity contribution is -0.384. The van der Waals surface area contributed by atoms with Gasteiger partial charge in [-0.25, -0.2) is 0 Å². The van der Waals surface area contributed by atoms with Crippen molar-refractivity contribution < 1.29 is 9.72 Å². The molecule has 0 fully saturated rings. The van der Waals surface area contributed by atoms with E-state index in [0.717, 1.165) is 25.9 Å². The maximum atomic E-state index is 12.6. The van der Waals surface area contributed by atoms with Gasteiger partial charge < -0.3 is 10.2 Å². The molecule has 0 radical (unpaired) electrons. The Morgan fingerprint density at radius 3 is 2.68 bits per heavy atom. The highest BCUT2D eigenvalue weighted by atomic mass is 35.5. The third-order valence-corrected chi connectivity index (χ3v) is 4.95. The zero-order valence-electron chi connectivity index (χ0n) is 16.3. The number of hydrogen-bond acceptors (Lipinski definition) is 4. The van der Waals surface area contributed by atoms with Gasteiger partial charge in [0.1, 0.15) is 0 Å². The largest absolute Gasteiger partial charge is 0.371 e. The highest BCUT2D eigenvalue weighted by Gasteiger charge is 2.23. The molecule has 1 amide bonds. The van der Waals surface area contributed by atoms with E-state index in [0.29, 0.717) is 5.69 Å². The van der Waals surface area contributed by atoms with Crippen molar-refractivity contribution in [2.24, 2.45) is 5.41 Å². The van der Waals surface area contributed by atoms with Gasteiger partial charge in [-0.05, 0) is 48.1 Å². The lowest BCUT2D eigenvalue weighted by atomic mass is 9.93. The fourth-order valence-electron chi connectivity index (χ4n) is 3.49. The number of anilines is 2. The zero-order valence-corrected chi connectivity index (χ0v) is 17.0. The number of nitrogens with zero attached hydrogens (tertiary/aromatic N) is 2. The van der Waals surface area contributed by atoms with Crippen LogP contribution in [0.15, 0.2) is 36.4 Å². The van der Waals surface area contributed by atoms with Gasteiger partial charge in [0.15, 0.2) is 0 Å². The van der Waals surface area contributed by atoms with E-state index in [9.17, 15) is 14.9 Å². The van der Waals surface area contributed by atoms with Crippen LogP contribution in [0, 0.1) is 15.5 Å². The number of carbonyl (C=O) groups excluding carboxylic acids is 1. The second-order valence-corrected chi connectivity index (χ2v) is 8.71. The molecule has 6 nitrogen and oxygen atoms in total. The van der Waals surface area contributed by atoms with Crippen LogP contribution in [0.2, 0.25) is 5.02 Å². The summed E-state index contributed by atoms with van der Waals surface area (Å²) in [5, 5.41) is 14.0. The first-order chi connectivity index (χ1) is 13.1. The van der Waals surface area contributed by atoms with Crippen LogP contribution in [0.5, 0.6) is 0 Å². The van der Waals surface area contributed by atoms with Gasteiger partial charge in [0.25, 0.3) is 11.6 Å². The maximum absolute atomic E-state index is 12.6. The van der Waals surface area contributed by atoms with Crippen molar-refractivity contribution in [1.82, 2.24) is 0 Å². The molecule has 0 aliphatic carbocycles. The van der Waals surface area contributed by atoms with E-state index in [-0.39, 0.29) is 21.7 Å². The van der Waals surface area contributed by atoms with Crippen molar-refractivity contribution in [2.75, 3.05) is 23.3 Å².